The fourth-order valence-electron chi connectivity index (χ4n) is 2.15. The smallest absolute Gasteiger partial charge is 0.303 e. The predicted octanol–water partition coefficient (Wildman–Crippen LogP) is 2.68. The Morgan fingerprint density at radius 3 is 2.67 bits per heavy atom. The van der Waals surface area contributed by atoms with Gasteiger partial charge in [0.2, 0.25) is 0 Å². The normalized spacial score (nSPS) is 27.3. The van der Waals surface area contributed by atoms with Crippen molar-refractivity contribution in [2.45, 2.75) is 46.0 Å². The van der Waals surface area contributed by atoms with Gasteiger partial charge in [0, 0.05) is 6.42 Å². The van der Waals surface area contributed by atoms with Gasteiger partial charge in [-0.05, 0) is 37.0 Å². The van der Waals surface area contributed by atoms with Crippen LogP contribution in [-0.2, 0) is 4.79 Å². The summed E-state index contributed by atoms with van der Waals surface area (Å²) in [5.74, 6) is 0.0100. The number of aliphatic carboxylic acids is 1. The Morgan fingerprint density at radius 1 is 1.58 bits per heavy atom. The Kier molecular flexibility index (Phi) is 2.76. The van der Waals surface area contributed by atoms with Gasteiger partial charge in [0.1, 0.15) is 0 Å². The summed E-state index contributed by atoms with van der Waals surface area (Å²) < 4.78 is 0. The van der Waals surface area contributed by atoms with Crippen LogP contribution < -0.4 is 0 Å². The topological polar surface area (TPSA) is 37.3 Å². The van der Waals surface area contributed by atoms with E-state index in [-0.39, 0.29) is 0 Å². The van der Waals surface area contributed by atoms with Gasteiger partial charge in [-0.25, -0.2) is 0 Å². The number of carbonyl (C=O) groups is 1. The first kappa shape index (κ1) is 9.56. The van der Waals surface area contributed by atoms with Gasteiger partial charge in [-0.3, -0.25) is 4.79 Å². The van der Waals surface area contributed by atoms with Crippen molar-refractivity contribution in [2.75, 3.05) is 0 Å². The lowest BCUT2D eigenvalue weighted by Crippen LogP contribution is -2.06. The van der Waals surface area contributed by atoms with Crippen LogP contribution in [0.5, 0.6) is 0 Å². The standard InChI is InChI=1S/C10H18O2/c1-10(2)6-5-8(7-10)3-4-9(11)12/h8H,3-7H2,1-2H3,(H,11,12). The first-order valence-corrected chi connectivity index (χ1v) is 4.71. The Hall–Kier alpha value is -0.530. The van der Waals surface area contributed by atoms with Crippen LogP contribution in [0.4, 0.5) is 0 Å². The van der Waals surface area contributed by atoms with Crippen molar-refractivity contribution >= 4 is 5.97 Å². The average molecular weight is 170 g/mol. The molecule has 0 bridgehead atoms. The average Bonchev–Trinajstić information content (AvgIpc) is 2.26. The van der Waals surface area contributed by atoms with Crippen molar-refractivity contribution in [2.24, 2.45) is 11.3 Å². The minimum Gasteiger partial charge on any atom is -0.481 e. The molecule has 70 valence electrons. The second kappa shape index (κ2) is 3.46. The summed E-state index contributed by atoms with van der Waals surface area (Å²) in [5, 5.41) is 8.50. The summed E-state index contributed by atoms with van der Waals surface area (Å²) in [5.41, 5.74) is 0.461. The van der Waals surface area contributed by atoms with Crippen LogP contribution in [0.1, 0.15) is 46.0 Å². The molecule has 1 rings (SSSR count). The number of hydrogen-bond donors (Lipinski definition) is 1. The molecule has 1 N–H and O–H groups in total. The first-order valence-electron chi connectivity index (χ1n) is 4.71. The van der Waals surface area contributed by atoms with Crippen molar-refractivity contribution in [1.29, 1.82) is 0 Å². The van der Waals surface area contributed by atoms with Gasteiger partial charge in [0.15, 0.2) is 0 Å². The zero-order valence-electron chi connectivity index (χ0n) is 7.97. The fourth-order valence-corrected chi connectivity index (χ4v) is 2.15. The maximum atomic E-state index is 10.3. The quantitative estimate of drug-likeness (QED) is 0.707. The lowest BCUT2D eigenvalue weighted by atomic mass is 9.89. The summed E-state index contributed by atoms with van der Waals surface area (Å²) >= 11 is 0. The molecule has 2 nitrogen and oxygen atoms in total. The van der Waals surface area contributed by atoms with Gasteiger partial charge in [-0.15, -0.1) is 0 Å². The molecular formula is C10H18O2. The molecule has 12 heavy (non-hydrogen) atoms. The largest absolute Gasteiger partial charge is 0.481 e. The van der Waals surface area contributed by atoms with Crippen LogP contribution in [-0.4, -0.2) is 11.1 Å². The molecule has 0 radical (unpaired) electrons. The van der Waals surface area contributed by atoms with Crippen LogP contribution in [0, 0.1) is 11.3 Å². The molecule has 0 heterocycles. The van der Waals surface area contributed by atoms with E-state index in [4.69, 9.17) is 5.11 Å². The summed E-state index contributed by atoms with van der Waals surface area (Å²) in [7, 11) is 0. The second-order valence-electron chi connectivity index (χ2n) is 4.71. The van der Waals surface area contributed by atoms with Crippen LogP contribution in [0.25, 0.3) is 0 Å². The minimum absolute atomic E-state index is 0.348. The Morgan fingerprint density at radius 2 is 2.25 bits per heavy atom. The lowest BCUT2D eigenvalue weighted by Gasteiger charge is -2.16. The van der Waals surface area contributed by atoms with Crippen molar-refractivity contribution in [3.8, 4) is 0 Å². The third kappa shape index (κ3) is 2.84. The molecule has 2 heteroatoms. The van der Waals surface area contributed by atoms with E-state index < -0.39 is 5.97 Å². The van der Waals surface area contributed by atoms with E-state index in [1.54, 1.807) is 0 Å². The van der Waals surface area contributed by atoms with Crippen molar-refractivity contribution in [3.63, 3.8) is 0 Å². The molecule has 1 aliphatic rings. The third-order valence-electron chi connectivity index (χ3n) is 2.84. The highest BCUT2D eigenvalue weighted by Crippen LogP contribution is 2.42. The molecular weight excluding hydrogens is 152 g/mol. The van der Waals surface area contributed by atoms with Gasteiger partial charge in [-0.1, -0.05) is 13.8 Å². The fraction of sp³-hybridized carbons (Fsp3) is 0.900. The van der Waals surface area contributed by atoms with E-state index in [0.717, 1.165) is 6.42 Å². The number of rotatable bonds is 3. The van der Waals surface area contributed by atoms with Gasteiger partial charge >= 0.3 is 5.97 Å². The van der Waals surface area contributed by atoms with Gasteiger partial charge in [0.05, 0.1) is 0 Å². The molecule has 0 aromatic heterocycles. The molecule has 0 spiro atoms. The van der Waals surface area contributed by atoms with Crippen molar-refractivity contribution in [1.82, 2.24) is 0 Å². The van der Waals surface area contributed by atoms with Crippen molar-refractivity contribution < 1.29 is 9.90 Å². The molecule has 1 fully saturated rings. The highest BCUT2D eigenvalue weighted by molar-refractivity contribution is 5.66. The maximum Gasteiger partial charge on any atom is 0.303 e. The summed E-state index contributed by atoms with van der Waals surface area (Å²) in [4.78, 5) is 10.3. The second-order valence-corrected chi connectivity index (χ2v) is 4.71. The zero-order valence-corrected chi connectivity index (χ0v) is 7.97. The summed E-state index contributed by atoms with van der Waals surface area (Å²) in [6.07, 6.45) is 4.91. The molecule has 0 aliphatic heterocycles. The predicted molar refractivity (Wildman–Crippen MR) is 48.0 cm³/mol. The molecule has 1 aliphatic carbocycles. The molecule has 0 aromatic rings. The highest BCUT2D eigenvalue weighted by atomic mass is 16.4. The first-order chi connectivity index (χ1) is 5.49. The maximum absolute atomic E-state index is 10.3. The molecule has 0 amide bonds. The monoisotopic (exact) mass is 170 g/mol. The molecule has 1 saturated carbocycles. The van der Waals surface area contributed by atoms with E-state index in [2.05, 4.69) is 13.8 Å². The summed E-state index contributed by atoms with van der Waals surface area (Å²) in [6.45, 7) is 4.54. The SMILES string of the molecule is CC1(C)CCC(CCC(=O)O)C1. The molecule has 1 atom stereocenters. The molecule has 0 aromatic carbocycles. The summed E-state index contributed by atoms with van der Waals surface area (Å²) in [6, 6.07) is 0. The van der Waals surface area contributed by atoms with Gasteiger partial charge in [-0.2, -0.15) is 0 Å². The molecule has 0 saturated heterocycles. The van der Waals surface area contributed by atoms with Crippen LogP contribution in [0.2, 0.25) is 0 Å². The Labute approximate surface area is 74.0 Å². The van der Waals surface area contributed by atoms with E-state index >= 15 is 0 Å². The zero-order chi connectivity index (χ0) is 9.19. The molecule has 1 unspecified atom stereocenters. The van der Waals surface area contributed by atoms with Gasteiger partial charge < -0.3 is 5.11 Å². The van der Waals surface area contributed by atoms with E-state index in [1.165, 1.54) is 19.3 Å². The third-order valence-corrected chi connectivity index (χ3v) is 2.84. The Balaban J connectivity index is 2.24. The minimum atomic E-state index is -0.653. The van der Waals surface area contributed by atoms with Crippen molar-refractivity contribution in [3.05, 3.63) is 0 Å². The number of hydrogen-bond acceptors (Lipinski definition) is 1. The highest BCUT2D eigenvalue weighted by Gasteiger charge is 2.30. The Bertz CT molecular complexity index is 173. The van der Waals surface area contributed by atoms with Crippen LogP contribution in [0.3, 0.4) is 0 Å². The van der Waals surface area contributed by atoms with E-state index in [1.807, 2.05) is 0 Å². The lowest BCUT2D eigenvalue weighted by molar-refractivity contribution is -0.137. The van der Waals surface area contributed by atoms with Crippen LogP contribution in [0.15, 0.2) is 0 Å². The number of carboxylic acids is 1. The van der Waals surface area contributed by atoms with E-state index in [0.29, 0.717) is 17.8 Å². The van der Waals surface area contributed by atoms with Gasteiger partial charge in [0.25, 0.3) is 0 Å². The van der Waals surface area contributed by atoms with E-state index in [9.17, 15) is 4.79 Å². The van der Waals surface area contributed by atoms with Crippen LogP contribution >= 0.6 is 0 Å². The number of carboxylic acid groups (broad SMARTS) is 1.